The topological polar surface area (TPSA) is 118 Å². The number of aromatic nitrogens is 3. The second-order valence-corrected chi connectivity index (χ2v) is 8.68. The highest BCUT2D eigenvalue weighted by atomic mass is 35.5. The Hall–Kier alpha value is -3.64. The normalized spacial score (nSPS) is 11.2. The number of hydrogen-bond donors (Lipinski definition) is 3. The van der Waals surface area contributed by atoms with E-state index in [4.69, 9.17) is 23.2 Å². The molecular formula is C23H21Cl2F3N6O3. The summed E-state index contributed by atoms with van der Waals surface area (Å²) in [6, 6.07) is 6.07. The molecule has 0 unspecified atom stereocenters. The van der Waals surface area contributed by atoms with Crippen molar-refractivity contribution in [2.45, 2.75) is 39.3 Å². The van der Waals surface area contributed by atoms with Crippen molar-refractivity contribution >= 4 is 46.6 Å². The van der Waals surface area contributed by atoms with Crippen LogP contribution in [-0.4, -0.2) is 32.5 Å². The lowest BCUT2D eigenvalue weighted by Crippen LogP contribution is -2.41. The number of carbonyl (C=O) groups is 3. The Balaban J connectivity index is 1.97. The van der Waals surface area contributed by atoms with E-state index in [1.807, 2.05) is 6.92 Å². The predicted octanol–water partition coefficient (Wildman–Crippen LogP) is 5.10. The van der Waals surface area contributed by atoms with Crippen molar-refractivity contribution in [1.29, 1.82) is 0 Å². The number of aryl methyl sites for hydroxylation is 1. The lowest BCUT2D eigenvalue weighted by molar-refractivity contribution is -0.141. The molecule has 0 bridgehead atoms. The summed E-state index contributed by atoms with van der Waals surface area (Å²) < 4.78 is 41.0. The van der Waals surface area contributed by atoms with Crippen LogP contribution in [0.2, 0.25) is 10.0 Å². The Kier molecular flexibility index (Phi) is 8.77. The number of nitrogens with one attached hydrogen (secondary N) is 3. The highest BCUT2D eigenvalue weighted by molar-refractivity contribution is 6.32. The van der Waals surface area contributed by atoms with E-state index in [1.54, 1.807) is 0 Å². The third-order valence-corrected chi connectivity index (χ3v) is 5.54. The van der Waals surface area contributed by atoms with Crippen molar-refractivity contribution in [3.63, 3.8) is 0 Å². The number of anilines is 1. The van der Waals surface area contributed by atoms with Crippen LogP contribution in [0.5, 0.6) is 0 Å². The first-order chi connectivity index (χ1) is 17.4. The van der Waals surface area contributed by atoms with Gasteiger partial charge in [0.25, 0.3) is 11.8 Å². The summed E-state index contributed by atoms with van der Waals surface area (Å²) in [6.45, 7) is 3.44. The van der Waals surface area contributed by atoms with Gasteiger partial charge < -0.3 is 5.32 Å². The molecule has 3 N–H and O–H groups in total. The van der Waals surface area contributed by atoms with Crippen LogP contribution in [0.4, 0.5) is 18.9 Å². The molecule has 0 aliphatic heterocycles. The van der Waals surface area contributed by atoms with Crippen LogP contribution in [0.3, 0.4) is 0 Å². The first-order valence-corrected chi connectivity index (χ1v) is 11.7. The summed E-state index contributed by atoms with van der Waals surface area (Å²) in [5, 5.41) is 6.04. The van der Waals surface area contributed by atoms with Gasteiger partial charge in [-0.2, -0.15) is 18.3 Å². The molecule has 0 aliphatic carbocycles. The minimum Gasteiger partial charge on any atom is -0.320 e. The standard InChI is InChI=1S/C23H21Cl2F3N6O3/c1-3-4-7-18(35)31-32-21(36)14-10-13(24)9-12(2)19(14)30-22(37)16-11-17(23(26,27)28)33-34(16)20-15(25)6-5-8-29-20/h5-6,8-11H,3-4,7H2,1-2H3,(H,30,37)(H,31,35)(H,32,36). The van der Waals surface area contributed by atoms with E-state index < -0.39 is 35.3 Å². The van der Waals surface area contributed by atoms with E-state index >= 15 is 0 Å². The number of benzene rings is 1. The maximum Gasteiger partial charge on any atom is 0.435 e. The number of carbonyl (C=O) groups excluding carboxylic acids is 3. The van der Waals surface area contributed by atoms with Crippen LogP contribution in [0.25, 0.3) is 5.82 Å². The van der Waals surface area contributed by atoms with Gasteiger partial charge in [0.2, 0.25) is 5.91 Å². The quantitative estimate of drug-likeness (QED) is 0.350. The summed E-state index contributed by atoms with van der Waals surface area (Å²) in [4.78, 5) is 41.8. The highest BCUT2D eigenvalue weighted by Gasteiger charge is 2.37. The number of alkyl halides is 3. The molecule has 0 fully saturated rings. The van der Waals surface area contributed by atoms with Gasteiger partial charge >= 0.3 is 6.18 Å². The average molecular weight is 557 g/mol. The first-order valence-electron chi connectivity index (χ1n) is 10.9. The second-order valence-electron chi connectivity index (χ2n) is 7.84. The number of hydrogen-bond acceptors (Lipinski definition) is 5. The lowest BCUT2D eigenvalue weighted by atomic mass is 10.1. The van der Waals surface area contributed by atoms with Gasteiger partial charge in [-0.15, -0.1) is 0 Å². The van der Waals surface area contributed by atoms with Gasteiger partial charge in [0, 0.05) is 23.7 Å². The molecule has 0 saturated carbocycles. The number of unbranched alkanes of at least 4 members (excludes halogenated alkanes) is 1. The van der Waals surface area contributed by atoms with E-state index in [0.717, 1.165) is 6.42 Å². The van der Waals surface area contributed by atoms with Crippen molar-refractivity contribution in [3.05, 3.63) is 69.1 Å². The molecule has 14 heteroatoms. The Labute approximate surface area is 219 Å². The second kappa shape index (κ2) is 11.6. The average Bonchev–Trinajstić information content (AvgIpc) is 3.29. The molecule has 2 heterocycles. The molecule has 2 aromatic heterocycles. The van der Waals surface area contributed by atoms with Crippen LogP contribution in [0.15, 0.2) is 36.5 Å². The zero-order chi connectivity index (χ0) is 27.3. The molecule has 1 aromatic carbocycles. The van der Waals surface area contributed by atoms with Crippen molar-refractivity contribution in [2.24, 2.45) is 0 Å². The summed E-state index contributed by atoms with van der Waals surface area (Å²) in [7, 11) is 0. The molecule has 3 aromatic rings. The molecule has 0 radical (unpaired) electrons. The highest BCUT2D eigenvalue weighted by Crippen LogP contribution is 2.31. The number of nitrogens with zero attached hydrogens (tertiary/aromatic N) is 3. The number of halogens is 5. The van der Waals surface area contributed by atoms with Gasteiger partial charge in [0.15, 0.2) is 11.5 Å². The predicted molar refractivity (Wildman–Crippen MR) is 131 cm³/mol. The van der Waals surface area contributed by atoms with E-state index in [2.05, 4.69) is 26.3 Å². The fourth-order valence-corrected chi connectivity index (χ4v) is 3.71. The Morgan fingerprint density at radius 1 is 1.08 bits per heavy atom. The van der Waals surface area contributed by atoms with Crippen molar-refractivity contribution in [2.75, 3.05) is 5.32 Å². The first kappa shape index (κ1) is 27.9. The van der Waals surface area contributed by atoms with Gasteiger partial charge in [-0.1, -0.05) is 36.5 Å². The van der Waals surface area contributed by atoms with Gasteiger partial charge in [0.05, 0.1) is 16.3 Å². The van der Waals surface area contributed by atoms with Crippen molar-refractivity contribution in [3.8, 4) is 5.82 Å². The Morgan fingerprint density at radius 2 is 1.81 bits per heavy atom. The zero-order valence-corrected chi connectivity index (χ0v) is 21.1. The Bertz CT molecular complexity index is 1340. The molecule has 0 saturated heterocycles. The maximum atomic E-state index is 13.4. The third kappa shape index (κ3) is 6.77. The zero-order valence-electron chi connectivity index (χ0n) is 19.5. The van der Waals surface area contributed by atoms with Crippen molar-refractivity contribution in [1.82, 2.24) is 25.6 Å². The molecule has 3 amide bonds. The van der Waals surface area contributed by atoms with Crippen LogP contribution in [-0.2, 0) is 11.0 Å². The van der Waals surface area contributed by atoms with Crippen LogP contribution in [0.1, 0.15) is 58.3 Å². The summed E-state index contributed by atoms with van der Waals surface area (Å²) in [5.74, 6) is -2.46. The molecule has 9 nitrogen and oxygen atoms in total. The molecule has 0 spiro atoms. The third-order valence-electron chi connectivity index (χ3n) is 5.03. The number of rotatable bonds is 7. The number of amides is 3. The minimum atomic E-state index is -4.86. The Morgan fingerprint density at radius 3 is 2.46 bits per heavy atom. The smallest absolute Gasteiger partial charge is 0.320 e. The van der Waals surface area contributed by atoms with Gasteiger partial charge in [0.1, 0.15) is 5.69 Å². The maximum absolute atomic E-state index is 13.4. The number of hydrazine groups is 1. The lowest BCUT2D eigenvalue weighted by Gasteiger charge is -2.15. The van der Waals surface area contributed by atoms with Gasteiger partial charge in [-0.3, -0.25) is 25.2 Å². The number of pyridine rings is 1. The van der Waals surface area contributed by atoms with E-state index in [0.29, 0.717) is 22.7 Å². The van der Waals surface area contributed by atoms with Crippen molar-refractivity contribution < 1.29 is 27.6 Å². The molecule has 0 atom stereocenters. The SMILES string of the molecule is CCCCC(=O)NNC(=O)c1cc(Cl)cc(C)c1NC(=O)c1cc(C(F)(F)F)nn1-c1ncccc1Cl. The largest absolute Gasteiger partial charge is 0.435 e. The van der Waals surface area contributed by atoms with Crippen LogP contribution in [0, 0.1) is 6.92 Å². The van der Waals surface area contributed by atoms with E-state index in [1.165, 1.54) is 37.4 Å². The summed E-state index contributed by atoms with van der Waals surface area (Å²) in [5.41, 5.74) is 2.79. The molecule has 37 heavy (non-hydrogen) atoms. The monoisotopic (exact) mass is 556 g/mol. The molecular weight excluding hydrogens is 536 g/mol. The molecule has 3 rings (SSSR count). The van der Waals surface area contributed by atoms with E-state index in [9.17, 15) is 27.6 Å². The van der Waals surface area contributed by atoms with Crippen LogP contribution < -0.4 is 16.2 Å². The van der Waals surface area contributed by atoms with E-state index in [-0.39, 0.29) is 33.5 Å². The van der Waals surface area contributed by atoms with Gasteiger partial charge in [-0.25, -0.2) is 9.67 Å². The fraction of sp³-hybridized carbons (Fsp3) is 0.261. The molecule has 196 valence electrons. The molecule has 0 aliphatic rings. The summed E-state index contributed by atoms with van der Waals surface area (Å²) >= 11 is 12.2. The fourth-order valence-electron chi connectivity index (χ4n) is 3.24. The van der Waals surface area contributed by atoms with Crippen LogP contribution >= 0.6 is 23.2 Å². The minimum absolute atomic E-state index is 0.0388. The van der Waals surface area contributed by atoms with Gasteiger partial charge in [-0.05, 0) is 43.2 Å². The summed E-state index contributed by atoms with van der Waals surface area (Å²) in [6.07, 6.45) is -2.00.